The molecule has 1 aliphatic heterocycles. The maximum atomic E-state index is 11.6. The zero-order valence-corrected chi connectivity index (χ0v) is 11.2. The predicted octanol–water partition coefficient (Wildman–Crippen LogP) is 0.0849. The molecule has 0 saturated carbocycles. The minimum atomic E-state index is -0.195. The van der Waals surface area contributed by atoms with Crippen molar-refractivity contribution in [2.75, 3.05) is 26.8 Å². The second-order valence-electron chi connectivity index (χ2n) is 4.83. The van der Waals surface area contributed by atoms with Crippen LogP contribution < -0.4 is 15.4 Å². The molecule has 6 heteroatoms. The van der Waals surface area contributed by atoms with Gasteiger partial charge in [0.05, 0.1) is 12.7 Å². The van der Waals surface area contributed by atoms with E-state index in [-0.39, 0.29) is 18.1 Å². The molecule has 0 unspecified atom stereocenters. The maximum absolute atomic E-state index is 11.6. The highest BCUT2D eigenvalue weighted by molar-refractivity contribution is 5.77. The Hall–Kier alpha value is -1.66. The van der Waals surface area contributed by atoms with Crippen LogP contribution in [-0.2, 0) is 16.1 Å². The smallest absolute Gasteiger partial charge is 0.246 e. The molecule has 2 N–H and O–H groups in total. The van der Waals surface area contributed by atoms with Crippen molar-refractivity contribution in [2.24, 2.45) is 0 Å². The van der Waals surface area contributed by atoms with E-state index < -0.39 is 0 Å². The molecule has 2 rings (SSSR count). The van der Waals surface area contributed by atoms with E-state index in [2.05, 4.69) is 15.6 Å². The highest BCUT2D eigenvalue weighted by atomic mass is 16.5. The van der Waals surface area contributed by atoms with E-state index in [1.54, 1.807) is 19.4 Å². The Labute approximate surface area is 112 Å². The number of pyridine rings is 1. The summed E-state index contributed by atoms with van der Waals surface area (Å²) in [5.74, 6) is 0.438. The third-order valence-corrected chi connectivity index (χ3v) is 3.05. The number of hydrogen-bond donors (Lipinski definition) is 2. The summed E-state index contributed by atoms with van der Waals surface area (Å²) in [6, 6.07) is 3.63. The van der Waals surface area contributed by atoms with Gasteiger partial charge in [-0.1, -0.05) is 6.07 Å². The van der Waals surface area contributed by atoms with E-state index in [9.17, 15) is 4.79 Å². The number of amides is 1. The van der Waals surface area contributed by atoms with Crippen molar-refractivity contribution in [3.8, 4) is 5.88 Å². The van der Waals surface area contributed by atoms with Crippen LogP contribution in [0.5, 0.6) is 5.88 Å². The quantitative estimate of drug-likeness (QED) is 0.762. The van der Waals surface area contributed by atoms with E-state index in [4.69, 9.17) is 9.47 Å². The summed E-state index contributed by atoms with van der Waals surface area (Å²) in [5.41, 5.74) is 0.726. The lowest BCUT2D eigenvalue weighted by molar-refractivity contribution is -0.136. The van der Waals surface area contributed by atoms with E-state index in [1.807, 2.05) is 13.0 Å². The molecule has 6 nitrogen and oxygen atoms in total. The molecule has 0 atom stereocenters. The third-order valence-electron chi connectivity index (χ3n) is 3.05. The number of rotatable bonds is 6. The van der Waals surface area contributed by atoms with Gasteiger partial charge in [0.25, 0.3) is 0 Å². The van der Waals surface area contributed by atoms with Gasteiger partial charge in [0.15, 0.2) is 0 Å². The Bertz CT molecular complexity index is 429. The molecule has 0 radical (unpaired) electrons. The van der Waals surface area contributed by atoms with Gasteiger partial charge in [-0.15, -0.1) is 0 Å². The summed E-state index contributed by atoms with van der Waals surface area (Å²) in [4.78, 5) is 15.7. The van der Waals surface area contributed by atoms with Crippen LogP contribution in [0.15, 0.2) is 18.3 Å². The minimum absolute atomic E-state index is 0.0851. The fourth-order valence-electron chi connectivity index (χ4n) is 1.71. The van der Waals surface area contributed by atoms with E-state index in [0.717, 1.165) is 18.7 Å². The zero-order valence-electron chi connectivity index (χ0n) is 11.2. The highest BCUT2D eigenvalue weighted by Gasteiger charge is 2.32. The summed E-state index contributed by atoms with van der Waals surface area (Å²) in [6.07, 6.45) is 1.68. The average molecular weight is 265 g/mol. The molecule has 2 heterocycles. The topological polar surface area (TPSA) is 72.5 Å². The van der Waals surface area contributed by atoms with Gasteiger partial charge in [-0.05, 0) is 12.5 Å². The number of nitrogens with zero attached hydrogens (tertiary/aromatic N) is 1. The maximum Gasteiger partial charge on any atom is 0.246 e. The van der Waals surface area contributed by atoms with Crippen LogP contribution in [0.1, 0.15) is 12.5 Å². The SMILES string of the molecule is COc1ccc(CNC(=O)COC2(C)CNC2)cn1. The molecule has 0 aromatic carbocycles. The largest absolute Gasteiger partial charge is 0.481 e. The summed E-state index contributed by atoms with van der Waals surface area (Å²) < 4.78 is 10.5. The first-order valence-corrected chi connectivity index (χ1v) is 6.22. The molecule has 1 saturated heterocycles. The second kappa shape index (κ2) is 5.99. The summed E-state index contributed by atoms with van der Waals surface area (Å²) in [6.45, 7) is 4.10. The van der Waals surface area contributed by atoms with Crippen molar-refractivity contribution in [2.45, 2.75) is 19.1 Å². The molecule has 1 aromatic heterocycles. The number of methoxy groups -OCH3 is 1. The van der Waals surface area contributed by atoms with Crippen LogP contribution in [0.2, 0.25) is 0 Å². The van der Waals surface area contributed by atoms with Crippen molar-refractivity contribution in [1.29, 1.82) is 0 Å². The Morgan fingerprint density at radius 1 is 1.53 bits per heavy atom. The first kappa shape index (κ1) is 13.8. The predicted molar refractivity (Wildman–Crippen MR) is 69.9 cm³/mol. The molecule has 1 aliphatic rings. The molecule has 0 bridgehead atoms. The summed E-state index contributed by atoms with van der Waals surface area (Å²) in [7, 11) is 1.57. The van der Waals surface area contributed by atoms with Crippen molar-refractivity contribution < 1.29 is 14.3 Å². The van der Waals surface area contributed by atoms with E-state index in [1.165, 1.54) is 0 Å². The first-order chi connectivity index (χ1) is 9.11. The monoisotopic (exact) mass is 265 g/mol. The lowest BCUT2D eigenvalue weighted by atomic mass is 10.0. The van der Waals surface area contributed by atoms with Crippen molar-refractivity contribution in [3.05, 3.63) is 23.9 Å². The molecule has 19 heavy (non-hydrogen) atoms. The van der Waals surface area contributed by atoms with Gasteiger partial charge < -0.3 is 20.1 Å². The molecule has 0 aliphatic carbocycles. The Morgan fingerprint density at radius 2 is 2.32 bits per heavy atom. The minimum Gasteiger partial charge on any atom is -0.481 e. The van der Waals surface area contributed by atoms with Gasteiger partial charge in [0, 0.05) is 31.9 Å². The van der Waals surface area contributed by atoms with E-state index in [0.29, 0.717) is 12.4 Å². The number of aromatic nitrogens is 1. The molecule has 1 fully saturated rings. The van der Waals surface area contributed by atoms with Gasteiger partial charge in [-0.3, -0.25) is 4.79 Å². The van der Waals surface area contributed by atoms with Gasteiger partial charge in [-0.25, -0.2) is 4.98 Å². The molecule has 0 spiro atoms. The molecular weight excluding hydrogens is 246 g/mol. The van der Waals surface area contributed by atoms with Crippen LogP contribution >= 0.6 is 0 Å². The van der Waals surface area contributed by atoms with Crippen LogP contribution in [-0.4, -0.2) is 43.3 Å². The Balaban J connectivity index is 1.70. The number of carbonyl (C=O) groups is 1. The van der Waals surface area contributed by atoms with Crippen molar-refractivity contribution in [3.63, 3.8) is 0 Å². The fraction of sp³-hybridized carbons (Fsp3) is 0.538. The van der Waals surface area contributed by atoms with Gasteiger partial charge in [0.1, 0.15) is 6.61 Å². The van der Waals surface area contributed by atoms with Crippen molar-refractivity contribution >= 4 is 5.91 Å². The van der Waals surface area contributed by atoms with Crippen LogP contribution in [0.25, 0.3) is 0 Å². The highest BCUT2D eigenvalue weighted by Crippen LogP contribution is 2.14. The molecule has 1 aromatic rings. The first-order valence-electron chi connectivity index (χ1n) is 6.22. The number of ether oxygens (including phenoxy) is 2. The normalized spacial score (nSPS) is 16.5. The number of carbonyl (C=O) groups excluding carboxylic acids is 1. The lowest BCUT2D eigenvalue weighted by Crippen LogP contribution is -2.59. The number of hydrogen-bond acceptors (Lipinski definition) is 5. The Kier molecular flexibility index (Phi) is 4.34. The van der Waals surface area contributed by atoms with Gasteiger partial charge in [-0.2, -0.15) is 0 Å². The standard InChI is InChI=1S/C13H19N3O3/c1-13(8-14-9-13)19-7-11(17)15-5-10-3-4-12(18-2)16-6-10/h3-4,6,14H,5,7-9H2,1-2H3,(H,15,17). The zero-order chi connectivity index (χ0) is 13.7. The van der Waals surface area contributed by atoms with Crippen LogP contribution in [0, 0.1) is 0 Å². The number of nitrogens with one attached hydrogen (secondary N) is 2. The van der Waals surface area contributed by atoms with Crippen molar-refractivity contribution in [1.82, 2.24) is 15.6 Å². The molecule has 104 valence electrons. The van der Waals surface area contributed by atoms with Gasteiger partial charge >= 0.3 is 0 Å². The third kappa shape index (κ3) is 3.90. The summed E-state index contributed by atoms with van der Waals surface area (Å²) >= 11 is 0. The van der Waals surface area contributed by atoms with Crippen LogP contribution in [0.4, 0.5) is 0 Å². The Morgan fingerprint density at radius 3 is 2.84 bits per heavy atom. The lowest BCUT2D eigenvalue weighted by Gasteiger charge is -2.38. The average Bonchev–Trinajstić information content (AvgIpc) is 2.41. The van der Waals surface area contributed by atoms with E-state index >= 15 is 0 Å². The molecular formula is C13H19N3O3. The van der Waals surface area contributed by atoms with Crippen LogP contribution in [0.3, 0.4) is 0 Å². The second-order valence-corrected chi connectivity index (χ2v) is 4.83. The molecule has 1 amide bonds. The summed E-state index contributed by atoms with van der Waals surface area (Å²) in [5, 5.41) is 5.91. The fourth-order valence-corrected chi connectivity index (χ4v) is 1.71. The van der Waals surface area contributed by atoms with Gasteiger partial charge in [0.2, 0.25) is 11.8 Å².